The van der Waals surface area contributed by atoms with E-state index in [-0.39, 0.29) is 34.2 Å². The first-order valence-electron chi connectivity index (χ1n) is 6.71. The zero-order chi connectivity index (χ0) is 17.1. The van der Waals surface area contributed by atoms with Crippen LogP contribution in [-0.2, 0) is 0 Å². The molecule has 0 aliphatic heterocycles. The van der Waals surface area contributed by atoms with Gasteiger partial charge in [-0.3, -0.25) is 15.1 Å². The third-order valence-electron chi connectivity index (χ3n) is 3.26. The van der Waals surface area contributed by atoms with Crippen LogP contribution in [0.25, 0.3) is 0 Å². The molecule has 2 rings (SSSR count). The van der Waals surface area contributed by atoms with Gasteiger partial charge in [-0.25, -0.2) is 0 Å². The Morgan fingerprint density at radius 1 is 1.26 bits per heavy atom. The van der Waals surface area contributed by atoms with Gasteiger partial charge in [0.1, 0.15) is 0 Å². The second kappa shape index (κ2) is 6.35. The van der Waals surface area contributed by atoms with E-state index in [1.807, 2.05) is 6.92 Å². The Labute approximate surface area is 132 Å². The first-order valence-corrected chi connectivity index (χ1v) is 6.71. The lowest BCUT2D eigenvalue weighted by Gasteiger charge is -2.14. The van der Waals surface area contributed by atoms with Crippen LogP contribution in [0.15, 0.2) is 29.3 Å². The van der Waals surface area contributed by atoms with Crippen molar-refractivity contribution in [3.05, 3.63) is 51.1 Å². The molecule has 0 spiro atoms. The Balaban J connectivity index is 2.51. The van der Waals surface area contributed by atoms with E-state index >= 15 is 0 Å². The average Bonchev–Trinajstić information content (AvgIpc) is 2.50. The zero-order valence-electron chi connectivity index (χ0n) is 12.9. The van der Waals surface area contributed by atoms with Crippen LogP contribution in [0.4, 0.5) is 11.4 Å². The molecule has 0 bridgehead atoms. The minimum Gasteiger partial charge on any atom is -0.871 e. The van der Waals surface area contributed by atoms with E-state index in [1.165, 1.54) is 13.3 Å². The molecule has 120 valence electrons. The SMILES string of the molecule is COc1cc([N+](=O)[O-])cc(C=Nc2cc(C)cc(C)c2[O-])c1O. The van der Waals surface area contributed by atoms with Crippen LogP contribution < -0.4 is 9.84 Å². The van der Waals surface area contributed by atoms with Gasteiger partial charge in [0.2, 0.25) is 0 Å². The van der Waals surface area contributed by atoms with Gasteiger partial charge in [0, 0.05) is 17.8 Å². The number of hydrogen-bond donors (Lipinski definition) is 1. The number of aryl methyl sites for hydroxylation is 2. The van der Waals surface area contributed by atoms with E-state index in [9.17, 15) is 20.3 Å². The summed E-state index contributed by atoms with van der Waals surface area (Å²) in [6.07, 6.45) is 1.21. The van der Waals surface area contributed by atoms with Gasteiger partial charge in [0.05, 0.1) is 23.8 Å². The number of phenolic OH excluding ortho intramolecular Hbond substituents is 1. The molecule has 2 aromatic rings. The van der Waals surface area contributed by atoms with Crippen LogP contribution in [0.5, 0.6) is 17.2 Å². The van der Waals surface area contributed by atoms with Gasteiger partial charge in [0.15, 0.2) is 11.5 Å². The van der Waals surface area contributed by atoms with Crippen molar-refractivity contribution in [1.82, 2.24) is 0 Å². The monoisotopic (exact) mass is 315 g/mol. The van der Waals surface area contributed by atoms with Crippen molar-refractivity contribution >= 4 is 17.6 Å². The number of aromatic hydroxyl groups is 1. The number of aliphatic imine (C=N–C) groups is 1. The highest BCUT2D eigenvalue weighted by atomic mass is 16.6. The summed E-state index contributed by atoms with van der Waals surface area (Å²) in [5, 5.41) is 33.0. The summed E-state index contributed by atoms with van der Waals surface area (Å²) in [6, 6.07) is 5.63. The number of hydrogen-bond acceptors (Lipinski definition) is 6. The highest BCUT2D eigenvalue weighted by Crippen LogP contribution is 2.34. The molecule has 0 amide bonds. The van der Waals surface area contributed by atoms with Crippen molar-refractivity contribution in [1.29, 1.82) is 0 Å². The van der Waals surface area contributed by atoms with E-state index in [1.54, 1.807) is 19.1 Å². The van der Waals surface area contributed by atoms with Crippen LogP contribution in [0.3, 0.4) is 0 Å². The topological polar surface area (TPSA) is 108 Å². The molecule has 0 aliphatic carbocycles. The molecular weight excluding hydrogens is 300 g/mol. The van der Waals surface area contributed by atoms with E-state index in [0.29, 0.717) is 5.56 Å². The highest BCUT2D eigenvalue weighted by molar-refractivity contribution is 5.88. The maximum Gasteiger partial charge on any atom is 0.274 e. The third-order valence-corrected chi connectivity index (χ3v) is 3.26. The highest BCUT2D eigenvalue weighted by Gasteiger charge is 2.15. The molecule has 7 nitrogen and oxygen atoms in total. The molecule has 0 saturated carbocycles. The molecule has 23 heavy (non-hydrogen) atoms. The molecule has 0 heterocycles. The molecular formula is C16H15N2O5-. The lowest BCUT2D eigenvalue weighted by Crippen LogP contribution is -1.96. The predicted octanol–water partition coefficient (Wildman–Crippen LogP) is 2.75. The van der Waals surface area contributed by atoms with Crippen molar-refractivity contribution in [3.8, 4) is 17.2 Å². The summed E-state index contributed by atoms with van der Waals surface area (Å²) >= 11 is 0. The van der Waals surface area contributed by atoms with Crippen molar-refractivity contribution in [3.63, 3.8) is 0 Å². The van der Waals surface area contributed by atoms with Gasteiger partial charge < -0.3 is 14.9 Å². The van der Waals surface area contributed by atoms with Crippen LogP contribution in [-0.4, -0.2) is 23.4 Å². The zero-order valence-corrected chi connectivity index (χ0v) is 12.9. The molecule has 1 N–H and O–H groups in total. The lowest BCUT2D eigenvalue weighted by atomic mass is 10.1. The van der Waals surface area contributed by atoms with Gasteiger partial charge in [-0.2, -0.15) is 0 Å². The molecule has 2 aromatic carbocycles. The summed E-state index contributed by atoms with van der Waals surface area (Å²) in [4.78, 5) is 14.4. The Morgan fingerprint density at radius 3 is 2.57 bits per heavy atom. The molecule has 7 heteroatoms. The summed E-state index contributed by atoms with van der Waals surface area (Å²) in [6.45, 7) is 3.52. The maximum atomic E-state index is 12.0. The van der Waals surface area contributed by atoms with Crippen LogP contribution in [0.2, 0.25) is 0 Å². The number of nitro benzene ring substituents is 1. The van der Waals surface area contributed by atoms with Gasteiger partial charge in [-0.15, -0.1) is 0 Å². The second-order valence-corrected chi connectivity index (χ2v) is 5.03. The molecule has 0 fully saturated rings. The second-order valence-electron chi connectivity index (χ2n) is 5.03. The Hall–Kier alpha value is -3.09. The Morgan fingerprint density at radius 2 is 1.96 bits per heavy atom. The van der Waals surface area contributed by atoms with Crippen LogP contribution in [0.1, 0.15) is 16.7 Å². The van der Waals surface area contributed by atoms with Crippen LogP contribution >= 0.6 is 0 Å². The number of rotatable bonds is 4. The minimum absolute atomic E-state index is 0.0385. The number of nitro groups is 1. The van der Waals surface area contributed by atoms with Gasteiger partial charge in [0.25, 0.3) is 5.69 Å². The normalized spacial score (nSPS) is 10.9. The van der Waals surface area contributed by atoms with E-state index < -0.39 is 4.92 Å². The number of ether oxygens (including phenoxy) is 1. The van der Waals surface area contributed by atoms with Gasteiger partial charge in [-0.1, -0.05) is 17.4 Å². The fraction of sp³-hybridized carbons (Fsp3) is 0.188. The molecule has 0 saturated heterocycles. The molecule has 0 aromatic heterocycles. The number of non-ortho nitro benzene ring substituents is 1. The minimum atomic E-state index is -0.602. The number of methoxy groups -OCH3 is 1. The predicted molar refractivity (Wildman–Crippen MR) is 83.9 cm³/mol. The Kier molecular flexibility index (Phi) is 4.49. The van der Waals surface area contributed by atoms with Crippen LogP contribution in [0, 0.1) is 24.0 Å². The van der Waals surface area contributed by atoms with E-state index in [2.05, 4.69) is 4.99 Å². The van der Waals surface area contributed by atoms with E-state index in [4.69, 9.17) is 4.74 Å². The van der Waals surface area contributed by atoms with Crippen molar-refractivity contribution < 1.29 is 19.9 Å². The summed E-state index contributed by atoms with van der Waals surface area (Å²) in [5.41, 5.74) is 1.47. The van der Waals surface area contributed by atoms with Crippen molar-refractivity contribution in [2.75, 3.05) is 7.11 Å². The molecule has 0 unspecified atom stereocenters. The van der Waals surface area contributed by atoms with Gasteiger partial charge in [-0.05, 0) is 25.5 Å². The van der Waals surface area contributed by atoms with Gasteiger partial charge >= 0.3 is 0 Å². The fourth-order valence-corrected chi connectivity index (χ4v) is 2.14. The summed E-state index contributed by atoms with van der Waals surface area (Å²) in [5.74, 6) is -0.550. The lowest BCUT2D eigenvalue weighted by molar-refractivity contribution is -0.385. The summed E-state index contributed by atoms with van der Waals surface area (Å²) < 4.78 is 4.91. The van der Waals surface area contributed by atoms with Crippen molar-refractivity contribution in [2.45, 2.75) is 13.8 Å². The molecule has 0 radical (unpaired) electrons. The first kappa shape index (κ1) is 16.3. The number of nitrogens with zero attached hydrogens (tertiary/aromatic N) is 2. The van der Waals surface area contributed by atoms with E-state index in [0.717, 1.165) is 17.7 Å². The molecule has 0 aliphatic rings. The average molecular weight is 315 g/mol. The number of benzene rings is 2. The fourth-order valence-electron chi connectivity index (χ4n) is 2.14. The maximum absolute atomic E-state index is 12.0. The Bertz CT molecular complexity index is 800. The third kappa shape index (κ3) is 3.39. The quantitative estimate of drug-likeness (QED) is 0.530. The summed E-state index contributed by atoms with van der Waals surface area (Å²) in [7, 11) is 1.29. The smallest absolute Gasteiger partial charge is 0.274 e. The number of phenols is 1. The largest absolute Gasteiger partial charge is 0.871 e. The van der Waals surface area contributed by atoms with Crippen molar-refractivity contribution in [2.24, 2.45) is 4.99 Å². The standard InChI is InChI=1S/C16H16N2O5/c1-9-4-10(2)15(19)13(5-9)17-8-11-6-12(18(21)22)7-14(23-3)16(11)20/h4-8,19-20H,1-3H3/p-1. The first-order chi connectivity index (χ1) is 10.8. The molecule has 0 atom stereocenters.